The number of rotatable bonds is 4. The molecule has 0 saturated heterocycles. The molecule has 0 radical (unpaired) electrons. The van der Waals surface area contributed by atoms with Crippen LogP contribution < -0.4 is 5.01 Å². The van der Waals surface area contributed by atoms with Crippen molar-refractivity contribution in [3.8, 4) is 5.88 Å². The van der Waals surface area contributed by atoms with Crippen LogP contribution in [0.5, 0.6) is 5.88 Å². The number of benzene rings is 2. The van der Waals surface area contributed by atoms with Crippen LogP contribution in [0.25, 0.3) is 10.2 Å². The summed E-state index contributed by atoms with van der Waals surface area (Å²) in [6.45, 7) is 1.29. The number of fused-ring (bicyclic) bond motifs is 1. The third kappa shape index (κ3) is 4.16. The highest BCUT2D eigenvalue weighted by molar-refractivity contribution is 7.73. The zero-order chi connectivity index (χ0) is 23.0. The lowest BCUT2D eigenvalue weighted by Gasteiger charge is -2.19. The van der Waals surface area contributed by atoms with Gasteiger partial charge in [0.1, 0.15) is 4.88 Å². The van der Waals surface area contributed by atoms with Crippen molar-refractivity contribution in [3.05, 3.63) is 62.9 Å². The minimum atomic E-state index is -4.58. The molecule has 1 amide bonds. The predicted molar refractivity (Wildman–Crippen MR) is 122 cm³/mol. The number of anilines is 1. The first kappa shape index (κ1) is 22.1. The van der Waals surface area contributed by atoms with Crippen LogP contribution in [0.2, 0.25) is 0 Å². The number of alkyl halides is 3. The first-order valence-electron chi connectivity index (χ1n) is 8.98. The highest BCUT2D eigenvalue weighted by Crippen LogP contribution is 2.37. The van der Waals surface area contributed by atoms with E-state index in [-0.39, 0.29) is 19.7 Å². The lowest BCUT2D eigenvalue weighted by Crippen LogP contribution is -2.33. The Hall–Kier alpha value is -3.09. The topological polar surface area (TPSA) is 70.7 Å². The van der Waals surface area contributed by atoms with Crippen LogP contribution in [0.15, 0.2) is 53.5 Å². The van der Waals surface area contributed by atoms with E-state index in [4.69, 9.17) is 12.2 Å². The summed E-state index contributed by atoms with van der Waals surface area (Å²) in [4.78, 5) is 20.9. The van der Waals surface area contributed by atoms with E-state index < -0.39 is 23.5 Å². The second-order valence-corrected chi connectivity index (χ2v) is 9.12. The number of para-hydroxylation sites is 2. The molecule has 0 aliphatic carbocycles. The molecule has 0 aliphatic heterocycles. The zero-order valence-electron chi connectivity index (χ0n) is 16.2. The van der Waals surface area contributed by atoms with E-state index in [1.807, 2.05) is 18.2 Å². The summed E-state index contributed by atoms with van der Waals surface area (Å²) in [6, 6.07) is 12.1. The molecule has 0 atom stereocenters. The molecule has 6 nitrogen and oxygen atoms in total. The maximum absolute atomic E-state index is 13.2. The lowest BCUT2D eigenvalue weighted by molar-refractivity contribution is -0.137. The lowest BCUT2D eigenvalue weighted by atomic mass is 10.2. The fourth-order valence-electron chi connectivity index (χ4n) is 2.90. The summed E-state index contributed by atoms with van der Waals surface area (Å²) in [5.41, 5.74) is -0.538. The van der Waals surface area contributed by atoms with E-state index in [2.05, 4.69) is 9.98 Å². The number of halogens is 3. The van der Waals surface area contributed by atoms with Gasteiger partial charge in [0.05, 0.1) is 27.7 Å². The van der Waals surface area contributed by atoms with Crippen LogP contribution in [0.3, 0.4) is 0 Å². The molecule has 2 aromatic heterocycles. The molecule has 2 heterocycles. The Morgan fingerprint density at radius 3 is 2.56 bits per heavy atom. The van der Waals surface area contributed by atoms with Crippen LogP contribution in [0.1, 0.15) is 17.4 Å². The van der Waals surface area contributed by atoms with Gasteiger partial charge >= 0.3 is 6.18 Å². The molecule has 0 unspecified atom stereocenters. The van der Waals surface area contributed by atoms with Gasteiger partial charge in [-0.3, -0.25) is 9.79 Å². The Bertz CT molecular complexity index is 1370. The molecule has 4 rings (SSSR count). The Morgan fingerprint density at radius 2 is 1.88 bits per heavy atom. The van der Waals surface area contributed by atoms with Crippen LogP contribution in [0, 0.1) is 3.95 Å². The largest absolute Gasteiger partial charge is 0.492 e. The molecule has 12 heteroatoms. The van der Waals surface area contributed by atoms with E-state index >= 15 is 0 Å². The summed E-state index contributed by atoms with van der Waals surface area (Å²) in [5.74, 6) is -0.887. The van der Waals surface area contributed by atoms with Gasteiger partial charge < -0.3 is 5.11 Å². The number of aromatic hydroxyl groups is 1. The van der Waals surface area contributed by atoms with Crippen LogP contribution >= 0.6 is 34.9 Å². The number of nitrogens with zero attached hydrogens (tertiary/aromatic N) is 4. The Balaban J connectivity index is 1.77. The van der Waals surface area contributed by atoms with Crippen LogP contribution in [-0.2, 0) is 11.0 Å². The molecule has 0 spiro atoms. The number of aliphatic imine (C=N–C) groups is 1. The molecule has 2 aromatic carbocycles. The monoisotopic (exact) mass is 494 g/mol. The SMILES string of the molecule is CC(=O)N(c1nc2ccccc2s1)n1c(O)c(C=Nc2ccccc2C(F)(F)F)sc1=S. The number of carbonyl (C=O) groups is 1. The highest BCUT2D eigenvalue weighted by Gasteiger charge is 2.33. The maximum Gasteiger partial charge on any atom is 0.418 e. The number of amides is 1. The average Bonchev–Trinajstić information content (AvgIpc) is 3.28. The fourth-order valence-corrected chi connectivity index (χ4v) is 5.07. The summed E-state index contributed by atoms with van der Waals surface area (Å²) < 4.78 is 41.6. The molecule has 0 saturated carbocycles. The van der Waals surface area contributed by atoms with Crippen molar-refractivity contribution in [2.24, 2.45) is 4.99 Å². The first-order valence-corrected chi connectivity index (χ1v) is 11.0. The average molecular weight is 495 g/mol. The van der Waals surface area contributed by atoms with E-state index in [0.29, 0.717) is 5.52 Å². The third-order valence-electron chi connectivity index (χ3n) is 4.28. The molecule has 1 N–H and O–H groups in total. The van der Waals surface area contributed by atoms with Crippen molar-refractivity contribution in [1.82, 2.24) is 9.66 Å². The van der Waals surface area contributed by atoms with Gasteiger partial charge in [0.2, 0.25) is 16.9 Å². The van der Waals surface area contributed by atoms with Gasteiger partial charge in [-0.15, -0.1) is 0 Å². The zero-order valence-corrected chi connectivity index (χ0v) is 18.6. The van der Waals surface area contributed by atoms with Crippen molar-refractivity contribution in [1.29, 1.82) is 0 Å². The second kappa shape index (κ2) is 8.45. The Labute approximate surface area is 192 Å². The van der Waals surface area contributed by atoms with Gasteiger partial charge in [-0.2, -0.15) is 22.9 Å². The van der Waals surface area contributed by atoms with Crippen molar-refractivity contribution >= 4 is 68.0 Å². The smallest absolute Gasteiger partial charge is 0.418 e. The van der Waals surface area contributed by atoms with Gasteiger partial charge in [0.25, 0.3) is 0 Å². The predicted octanol–water partition coefficient (Wildman–Crippen LogP) is 6.18. The van der Waals surface area contributed by atoms with Crippen molar-refractivity contribution < 1.29 is 23.1 Å². The second-order valence-electron chi connectivity index (χ2n) is 6.44. The summed E-state index contributed by atoms with van der Waals surface area (Å²) >= 11 is 7.45. The summed E-state index contributed by atoms with van der Waals surface area (Å²) in [5, 5.41) is 12.2. The summed E-state index contributed by atoms with van der Waals surface area (Å²) in [6.07, 6.45) is -3.49. The van der Waals surface area contributed by atoms with E-state index in [1.54, 1.807) is 6.07 Å². The number of hydrogen-bond donors (Lipinski definition) is 1. The number of carbonyl (C=O) groups excluding carboxylic acids is 1. The molecular weight excluding hydrogens is 481 g/mol. The van der Waals surface area contributed by atoms with Gasteiger partial charge in [0.15, 0.2) is 3.95 Å². The highest BCUT2D eigenvalue weighted by atomic mass is 32.1. The normalized spacial score (nSPS) is 12.0. The van der Waals surface area contributed by atoms with Gasteiger partial charge in [0, 0.05) is 6.92 Å². The van der Waals surface area contributed by atoms with Crippen molar-refractivity contribution in [2.75, 3.05) is 5.01 Å². The molecule has 0 fully saturated rings. The molecule has 164 valence electrons. The molecule has 32 heavy (non-hydrogen) atoms. The Morgan fingerprint density at radius 1 is 1.19 bits per heavy atom. The summed E-state index contributed by atoms with van der Waals surface area (Å²) in [7, 11) is 0. The molecule has 0 aliphatic rings. The van der Waals surface area contributed by atoms with E-state index in [9.17, 15) is 23.1 Å². The molecule has 0 bridgehead atoms. The van der Waals surface area contributed by atoms with Crippen molar-refractivity contribution in [3.63, 3.8) is 0 Å². The minimum absolute atomic E-state index is 0.0966. The number of aromatic nitrogens is 2. The van der Waals surface area contributed by atoms with Crippen molar-refractivity contribution in [2.45, 2.75) is 13.1 Å². The third-order valence-corrected chi connectivity index (χ3v) is 6.57. The van der Waals surface area contributed by atoms with Gasteiger partial charge in [-0.05, 0) is 36.5 Å². The van der Waals surface area contributed by atoms with Crippen LogP contribution in [-0.4, -0.2) is 26.9 Å². The van der Waals surface area contributed by atoms with Gasteiger partial charge in [-0.25, -0.2) is 4.98 Å². The number of hydrogen-bond acceptors (Lipinski definition) is 7. The number of thiazole rings is 2. The standard InChI is InChI=1S/C20H13F3N4O2S3/c1-11(28)26(18-25-14-8-4-5-9-15(14)31-18)27-17(29)16(32-19(27)30)10-24-13-7-3-2-6-12(13)20(21,22)23/h2-10,29H,1H3. The minimum Gasteiger partial charge on any atom is -0.492 e. The molecule has 4 aromatic rings. The van der Waals surface area contributed by atoms with Gasteiger partial charge in [-0.1, -0.05) is 46.9 Å². The first-order chi connectivity index (χ1) is 15.2. The fraction of sp³-hybridized carbons (Fsp3) is 0.100. The molecular formula is C20H13F3N4O2S3. The van der Waals surface area contributed by atoms with E-state index in [0.717, 1.165) is 38.0 Å². The quantitative estimate of drug-likeness (QED) is 0.272. The maximum atomic E-state index is 13.2. The van der Waals surface area contributed by atoms with E-state index in [1.165, 1.54) is 36.5 Å². The Kier molecular flexibility index (Phi) is 5.84. The van der Waals surface area contributed by atoms with Crippen LogP contribution in [0.4, 0.5) is 24.0 Å².